The molecule has 2 rings (SSSR count). The Kier molecular flexibility index (Phi) is 4.49. The number of likely N-dealkylation sites (N-methyl/N-ethyl adjacent to an activating group) is 1. The van der Waals surface area contributed by atoms with Crippen LogP contribution in [-0.2, 0) is 6.42 Å². The maximum atomic E-state index is 5.67. The van der Waals surface area contributed by atoms with Crippen molar-refractivity contribution in [2.24, 2.45) is 0 Å². The first-order chi connectivity index (χ1) is 8.70. The molecule has 5 heteroatoms. The van der Waals surface area contributed by atoms with Crippen LogP contribution in [0.25, 0.3) is 11.5 Å². The second-order valence-electron chi connectivity index (χ2n) is 4.06. The highest BCUT2D eigenvalue weighted by Gasteiger charge is 2.11. The fourth-order valence-corrected chi connectivity index (χ4v) is 2.02. The smallest absolute Gasteiger partial charge is 0.248 e. The summed E-state index contributed by atoms with van der Waals surface area (Å²) in [5, 5.41) is 11.4. The first-order valence-electron chi connectivity index (χ1n) is 6.00. The van der Waals surface area contributed by atoms with E-state index < -0.39 is 0 Å². The summed E-state index contributed by atoms with van der Waals surface area (Å²) in [6.07, 6.45) is 0.758. The van der Waals surface area contributed by atoms with Crippen LogP contribution in [0, 0.1) is 6.92 Å². The SMILES string of the molecule is CCNCCc1nnc(-c2cc(Br)ccc2C)o1. The molecule has 1 aromatic carbocycles. The summed E-state index contributed by atoms with van der Waals surface area (Å²) in [6.45, 7) is 5.91. The van der Waals surface area contributed by atoms with Crippen molar-refractivity contribution < 1.29 is 4.42 Å². The highest BCUT2D eigenvalue weighted by atomic mass is 79.9. The van der Waals surface area contributed by atoms with Gasteiger partial charge < -0.3 is 9.73 Å². The number of benzene rings is 1. The lowest BCUT2D eigenvalue weighted by Crippen LogP contribution is -2.16. The Morgan fingerprint density at radius 3 is 2.94 bits per heavy atom. The molecule has 0 unspecified atom stereocenters. The van der Waals surface area contributed by atoms with Crippen LogP contribution < -0.4 is 5.32 Å². The molecule has 0 fully saturated rings. The highest BCUT2D eigenvalue weighted by Crippen LogP contribution is 2.25. The summed E-state index contributed by atoms with van der Waals surface area (Å²) in [7, 11) is 0. The molecule has 0 spiro atoms. The topological polar surface area (TPSA) is 51.0 Å². The van der Waals surface area contributed by atoms with Gasteiger partial charge in [-0.3, -0.25) is 0 Å². The Balaban J connectivity index is 2.16. The molecule has 0 aliphatic rings. The Labute approximate surface area is 115 Å². The normalized spacial score (nSPS) is 10.8. The lowest BCUT2D eigenvalue weighted by Gasteiger charge is -2.01. The van der Waals surface area contributed by atoms with E-state index in [2.05, 4.69) is 38.4 Å². The molecule has 0 saturated carbocycles. The fourth-order valence-electron chi connectivity index (χ4n) is 1.66. The van der Waals surface area contributed by atoms with E-state index in [1.54, 1.807) is 0 Å². The van der Waals surface area contributed by atoms with Gasteiger partial charge in [0.15, 0.2) is 0 Å². The molecule has 18 heavy (non-hydrogen) atoms. The second-order valence-corrected chi connectivity index (χ2v) is 4.98. The predicted octanol–water partition coefficient (Wildman–Crippen LogP) is 2.96. The molecular weight excluding hydrogens is 294 g/mol. The number of aromatic nitrogens is 2. The van der Waals surface area contributed by atoms with Crippen molar-refractivity contribution in [1.29, 1.82) is 0 Å². The first kappa shape index (κ1) is 13.2. The van der Waals surface area contributed by atoms with Gasteiger partial charge in [-0.1, -0.05) is 28.9 Å². The molecular formula is C13H16BrN3O. The molecule has 1 N–H and O–H groups in total. The number of nitrogens with zero attached hydrogens (tertiary/aromatic N) is 2. The molecule has 0 aliphatic heterocycles. The first-order valence-corrected chi connectivity index (χ1v) is 6.79. The highest BCUT2D eigenvalue weighted by molar-refractivity contribution is 9.10. The maximum absolute atomic E-state index is 5.67. The maximum Gasteiger partial charge on any atom is 0.248 e. The average Bonchev–Trinajstić information content (AvgIpc) is 2.81. The van der Waals surface area contributed by atoms with Crippen molar-refractivity contribution in [3.63, 3.8) is 0 Å². The van der Waals surface area contributed by atoms with Crippen LogP contribution in [0.3, 0.4) is 0 Å². The van der Waals surface area contributed by atoms with Crippen LogP contribution in [0.15, 0.2) is 27.1 Å². The Hall–Kier alpha value is -1.20. The minimum Gasteiger partial charge on any atom is -0.421 e. The van der Waals surface area contributed by atoms with E-state index in [-0.39, 0.29) is 0 Å². The largest absolute Gasteiger partial charge is 0.421 e. The van der Waals surface area contributed by atoms with Crippen molar-refractivity contribution in [3.05, 3.63) is 34.1 Å². The van der Waals surface area contributed by atoms with Crippen molar-refractivity contribution in [2.75, 3.05) is 13.1 Å². The van der Waals surface area contributed by atoms with Gasteiger partial charge in [-0.15, -0.1) is 10.2 Å². The lowest BCUT2D eigenvalue weighted by atomic mass is 10.1. The van der Waals surface area contributed by atoms with E-state index in [1.807, 2.05) is 25.1 Å². The third-order valence-corrected chi connectivity index (χ3v) is 3.16. The molecule has 0 aliphatic carbocycles. The van der Waals surface area contributed by atoms with Crippen LogP contribution in [-0.4, -0.2) is 23.3 Å². The van der Waals surface area contributed by atoms with Gasteiger partial charge in [0.05, 0.1) is 0 Å². The van der Waals surface area contributed by atoms with E-state index in [0.29, 0.717) is 11.8 Å². The van der Waals surface area contributed by atoms with E-state index in [4.69, 9.17) is 4.42 Å². The molecule has 0 atom stereocenters. The molecule has 0 radical (unpaired) electrons. The van der Waals surface area contributed by atoms with Gasteiger partial charge >= 0.3 is 0 Å². The third-order valence-electron chi connectivity index (χ3n) is 2.66. The molecule has 0 saturated heterocycles. The zero-order valence-corrected chi connectivity index (χ0v) is 12.1. The predicted molar refractivity (Wildman–Crippen MR) is 74.4 cm³/mol. The Bertz CT molecular complexity index is 525. The van der Waals surface area contributed by atoms with Crippen molar-refractivity contribution in [3.8, 4) is 11.5 Å². The van der Waals surface area contributed by atoms with E-state index >= 15 is 0 Å². The van der Waals surface area contributed by atoms with Crippen molar-refractivity contribution >= 4 is 15.9 Å². The molecule has 0 bridgehead atoms. The number of halogens is 1. The van der Waals surface area contributed by atoms with Gasteiger partial charge in [-0.25, -0.2) is 0 Å². The van der Waals surface area contributed by atoms with Crippen LogP contribution in [0.4, 0.5) is 0 Å². The zero-order valence-electron chi connectivity index (χ0n) is 10.5. The van der Waals surface area contributed by atoms with Crippen LogP contribution in [0.2, 0.25) is 0 Å². The molecule has 1 aromatic heterocycles. The summed E-state index contributed by atoms with van der Waals surface area (Å²) in [5.74, 6) is 1.26. The fraction of sp³-hybridized carbons (Fsp3) is 0.385. The minimum atomic E-state index is 0.584. The van der Waals surface area contributed by atoms with Gasteiger partial charge in [0.25, 0.3) is 0 Å². The summed E-state index contributed by atoms with van der Waals surface area (Å²) >= 11 is 3.45. The molecule has 1 heterocycles. The lowest BCUT2D eigenvalue weighted by molar-refractivity contribution is 0.496. The minimum absolute atomic E-state index is 0.584. The summed E-state index contributed by atoms with van der Waals surface area (Å²) < 4.78 is 6.68. The number of rotatable bonds is 5. The molecule has 2 aromatic rings. The van der Waals surface area contributed by atoms with E-state index in [9.17, 15) is 0 Å². The third kappa shape index (κ3) is 3.17. The molecule has 4 nitrogen and oxygen atoms in total. The summed E-state index contributed by atoms with van der Waals surface area (Å²) in [6, 6.07) is 6.03. The van der Waals surface area contributed by atoms with Gasteiger partial charge in [0.1, 0.15) is 0 Å². The van der Waals surface area contributed by atoms with E-state index in [0.717, 1.165) is 35.1 Å². The second kappa shape index (κ2) is 6.11. The number of aryl methyl sites for hydroxylation is 1. The van der Waals surface area contributed by atoms with Crippen LogP contribution >= 0.6 is 15.9 Å². The van der Waals surface area contributed by atoms with Gasteiger partial charge in [0.2, 0.25) is 11.8 Å². The number of hydrogen-bond donors (Lipinski definition) is 1. The van der Waals surface area contributed by atoms with Gasteiger partial charge in [-0.2, -0.15) is 0 Å². The number of hydrogen-bond acceptors (Lipinski definition) is 4. The van der Waals surface area contributed by atoms with Gasteiger partial charge in [-0.05, 0) is 31.2 Å². The summed E-state index contributed by atoms with van der Waals surface area (Å²) in [5.41, 5.74) is 2.10. The Morgan fingerprint density at radius 1 is 1.33 bits per heavy atom. The van der Waals surface area contributed by atoms with Gasteiger partial charge in [0, 0.05) is 23.0 Å². The Morgan fingerprint density at radius 2 is 2.17 bits per heavy atom. The zero-order chi connectivity index (χ0) is 13.0. The van der Waals surface area contributed by atoms with Crippen LogP contribution in [0.5, 0.6) is 0 Å². The monoisotopic (exact) mass is 309 g/mol. The van der Waals surface area contributed by atoms with Crippen molar-refractivity contribution in [2.45, 2.75) is 20.3 Å². The molecule has 0 amide bonds. The standard InChI is InChI=1S/C13H16BrN3O/c1-3-15-7-6-12-16-17-13(18-12)11-8-10(14)5-4-9(11)2/h4-5,8,15H,3,6-7H2,1-2H3. The van der Waals surface area contributed by atoms with E-state index in [1.165, 1.54) is 0 Å². The van der Waals surface area contributed by atoms with Crippen LogP contribution in [0.1, 0.15) is 18.4 Å². The number of nitrogens with one attached hydrogen (secondary N) is 1. The van der Waals surface area contributed by atoms with Crippen molar-refractivity contribution in [1.82, 2.24) is 15.5 Å². The molecule has 96 valence electrons. The summed E-state index contributed by atoms with van der Waals surface area (Å²) in [4.78, 5) is 0. The average molecular weight is 310 g/mol. The quantitative estimate of drug-likeness (QED) is 0.863.